The number of rotatable bonds is 30. The van der Waals surface area contributed by atoms with Crippen molar-refractivity contribution in [3.8, 4) is 0 Å². The van der Waals surface area contributed by atoms with E-state index in [4.69, 9.17) is 0 Å². The maximum absolute atomic E-state index is 2.69. The zero-order chi connectivity index (χ0) is 29.9. The summed E-state index contributed by atoms with van der Waals surface area (Å²) in [7, 11) is 0. The van der Waals surface area contributed by atoms with E-state index in [2.05, 4.69) is 54.8 Å². The van der Waals surface area contributed by atoms with Crippen LogP contribution in [0.3, 0.4) is 0 Å². The molecule has 42 heavy (non-hydrogen) atoms. The molecule has 0 saturated heterocycles. The summed E-state index contributed by atoms with van der Waals surface area (Å²) in [4.78, 5) is 5.39. The van der Waals surface area contributed by atoms with Crippen molar-refractivity contribution in [1.82, 2.24) is 0 Å². The van der Waals surface area contributed by atoms with Crippen LogP contribution in [0.4, 0.5) is 11.4 Å². The zero-order valence-electron chi connectivity index (χ0n) is 29.0. The van der Waals surface area contributed by atoms with E-state index in [-0.39, 0.29) is 0 Å². The van der Waals surface area contributed by atoms with Crippen LogP contribution >= 0.6 is 0 Å². The van der Waals surface area contributed by atoms with Crippen LogP contribution in [0.15, 0.2) is 24.3 Å². The van der Waals surface area contributed by atoms with E-state index >= 15 is 0 Å². The van der Waals surface area contributed by atoms with Crippen LogP contribution in [-0.4, -0.2) is 19.3 Å². The predicted octanol–water partition coefficient (Wildman–Crippen LogP) is 13.6. The molecule has 0 N–H and O–H groups in total. The second kappa shape index (κ2) is 26.2. The number of fused-ring (bicyclic) bond motifs is 1. The molecule has 2 nitrogen and oxygen atoms in total. The van der Waals surface area contributed by atoms with Crippen molar-refractivity contribution in [3.63, 3.8) is 0 Å². The summed E-state index contributed by atoms with van der Waals surface area (Å²) in [6, 6.07) is 9.20. The van der Waals surface area contributed by atoms with E-state index in [9.17, 15) is 0 Å². The first-order valence-electron chi connectivity index (χ1n) is 19.4. The lowest BCUT2D eigenvalue weighted by Crippen LogP contribution is -2.41. The molecule has 0 atom stereocenters. The van der Waals surface area contributed by atoms with Crippen molar-refractivity contribution in [3.05, 3.63) is 24.3 Å². The number of para-hydroxylation sites is 2. The Morgan fingerprint density at radius 3 is 0.881 bits per heavy atom. The molecule has 0 aliphatic carbocycles. The van der Waals surface area contributed by atoms with Gasteiger partial charge in [0.1, 0.15) is 0 Å². The van der Waals surface area contributed by atoms with Gasteiger partial charge in [-0.05, 0) is 31.9 Å². The molecule has 1 aromatic carbocycles. The number of anilines is 2. The summed E-state index contributed by atoms with van der Waals surface area (Å²) in [5.74, 6) is 0. The third-order valence-electron chi connectivity index (χ3n) is 9.91. The van der Waals surface area contributed by atoms with Gasteiger partial charge in [0.25, 0.3) is 0 Å². The maximum Gasteiger partial charge on any atom is 0.0988 e. The summed E-state index contributed by atoms with van der Waals surface area (Å²) in [5, 5.41) is 0. The van der Waals surface area contributed by atoms with Gasteiger partial charge in [-0.1, -0.05) is 193 Å². The molecule has 1 aliphatic rings. The Morgan fingerprint density at radius 1 is 0.381 bits per heavy atom. The molecule has 0 aromatic heterocycles. The Bertz CT molecular complexity index is 656. The molecule has 0 bridgehead atoms. The van der Waals surface area contributed by atoms with Gasteiger partial charge < -0.3 is 9.80 Å². The van der Waals surface area contributed by atoms with Gasteiger partial charge in [0.15, 0.2) is 0 Å². The van der Waals surface area contributed by atoms with Gasteiger partial charge in [-0.2, -0.15) is 0 Å². The van der Waals surface area contributed by atoms with Crippen molar-refractivity contribution >= 4 is 11.4 Å². The highest BCUT2D eigenvalue weighted by Crippen LogP contribution is 2.39. The molecule has 2 rings (SSSR count). The van der Waals surface area contributed by atoms with E-state index < -0.39 is 0 Å². The van der Waals surface area contributed by atoms with Crippen LogP contribution in [0.25, 0.3) is 0 Å². The van der Waals surface area contributed by atoms with Gasteiger partial charge in [-0.15, -0.1) is 0 Å². The fourth-order valence-electron chi connectivity index (χ4n) is 7.09. The summed E-state index contributed by atoms with van der Waals surface area (Å²) >= 11 is 0. The molecular formula is C40H74N2. The molecule has 0 radical (unpaired) electrons. The summed E-state index contributed by atoms with van der Waals surface area (Å²) in [6.45, 7) is 9.48. The first-order chi connectivity index (χ1) is 20.8. The second-order valence-corrected chi connectivity index (χ2v) is 13.7. The highest BCUT2D eigenvalue weighted by Gasteiger charge is 2.31. The summed E-state index contributed by atoms with van der Waals surface area (Å²) in [5.41, 5.74) is 2.95. The van der Waals surface area contributed by atoms with Gasteiger partial charge in [-0.25, -0.2) is 0 Å². The summed E-state index contributed by atoms with van der Waals surface area (Å²) < 4.78 is 0. The van der Waals surface area contributed by atoms with Crippen molar-refractivity contribution in [1.29, 1.82) is 0 Å². The molecule has 1 aromatic rings. The quantitative estimate of drug-likeness (QED) is 0.0832. The number of unbranched alkanes of at least 4 members (excludes halogenated alkanes) is 26. The van der Waals surface area contributed by atoms with Gasteiger partial charge >= 0.3 is 0 Å². The Morgan fingerprint density at radius 2 is 0.619 bits per heavy atom. The minimum atomic E-state index is 0.506. The molecule has 0 amide bonds. The second-order valence-electron chi connectivity index (χ2n) is 13.7. The molecule has 1 heterocycles. The lowest BCUT2D eigenvalue weighted by atomic mass is 10.0. The van der Waals surface area contributed by atoms with Crippen molar-refractivity contribution in [2.75, 3.05) is 22.9 Å². The van der Waals surface area contributed by atoms with E-state index in [1.807, 2.05) is 0 Å². The van der Waals surface area contributed by atoms with Gasteiger partial charge in [-0.3, -0.25) is 0 Å². The van der Waals surface area contributed by atoms with Crippen molar-refractivity contribution in [2.45, 2.75) is 207 Å². The third kappa shape index (κ3) is 16.6. The van der Waals surface area contributed by atoms with E-state index in [1.54, 1.807) is 0 Å². The first-order valence-corrected chi connectivity index (χ1v) is 19.4. The molecule has 0 fully saturated rings. The van der Waals surface area contributed by atoms with E-state index in [1.165, 1.54) is 204 Å². The Hall–Kier alpha value is -1.18. The fraction of sp³-hybridized carbons (Fsp3) is 0.850. The molecule has 244 valence electrons. The Kier molecular flexibility index (Phi) is 23.1. The number of nitrogens with zero attached hydrogens (tertiary/aromatic N) is 2. The average molecular weight is 583 g/mol. The van der Waals surface area contributed by atoms with E-state index in [0.717, 1.165) is 0 Å². The van der Waals surface area contributed by atoms with Crippen LogP contribution in [0, 0.1) is 0 Å². The lowest BCUT2D eigenvalue weighted by Gasteiger charge is -2.30. The third-order valence-corrected chi connectivity index (χ3v) is 9.91. The van der Waals surface area contributed by atoms with Gasteiger partial charge in [0, 0.05) is 13.1 Å². The first kappa shape index (κ1) is 37.0. The largest absolute Gasteiger partial charge is 0.350 e. The van der Waals surface area contributed by atoms with Crippen LogP contribution in [0.1, 0.15) is 201 Å². The fourth-order valence-corrected chi connectivity index (χ4v) is 7.09. The standard InChI is InChI=1S/C40H74N2/c1-4-6-8-10-12-14-16-18-20-22-24-26-28-32-36-41-38(3)42(40-35-31-30-34-39(40)41)37-33-29-27-25-23-21-19-17-15-13-11-9-7-5-2/h30-31,34-35,38H,4-29,32-33,36-37H2,1-3H3. The van der Waals surface area contributed by atoms with Crippen LogP contribution in [-0.2, 0) is 0 Å². The summed E-state index contributed by atoms with van der Waals surface area (Å²) in [6.07, 6.45) is 40.6. The van der Waals surface area contributed by atoms with Crippen LogP contribution in [0.5, 0.6) is 0 Å². The molecule has 2 heteroatoms. The molecule has 0 unspecified atom stereocenters. The molecule has 0 saturated carbocycles. The highest BCUT2D eigenvalue weighted by molar-refractivity contribution is 5.77. The molecule has 1 aliphatic heterocycles. The minimum absolute atomic E-state index is 0.506. The highest BCUT2D eigenvalue weighted by atomic mass is 15.4. The predicted molar refractivity (Wildman–Crippen MR) is 191 cm³/mol. The Labute approximate surface area is 264 Å². The smallest absolute Gasteiger partial charge is 0.0988 e. The monoisotopic (exact) mass is 583 g/mol. The van der Waals surface area contributed by atoms with Crippen molar-refractivity contribution < 1.29 is 0 Å². The number of hydrogen-bond donors (Lipinski definition) is 0. The van der Waals surface area contributed by atoms with E-state index in [0.29, 0.717) is 6.17 Å². The Balaban J connectivity index is 1.48. The lowest BCUT2D eigenvalue weighted by molar-refractivity contribution is 0.523. The minimum Gasteiger partial charge on any atom is -0.350 e. The number of hydrogen-bond acceptors (Lipinski definition) is 2. The normalized spacial score (nSPS) is 13.4. The number of benzene rings is 1. The average Bonchev–Trinajstić information content (AvgIpc) is 3.27. The molecular weight excluding hydrogens is 508 g/mol. The van der Waals surface area contributed by atoms with Crippen LogP contribution < -0.4 is 9.80 Å². The van der Waals surface area contributed by atoms with Crippen LogP contribution in [0.2, 0.25) is 0 Å². The topological polar surface area (TPSA) is 6.48 Å². The van der Waals surface area contributed by atoms with Gasteiger partial charge in [0.2, 0.25) is 0 Å². The zero-order valence-corrected chi connectivity index (χ0v) is 29.0. The molecule has 0 spiro atoms. The van der Waals surface area contributed by atoms with Crippen molar-refractivity contribution in [2.24, 2.45) is 0 Å². The maximum atomic E-state index is 2.69. The van der Waals surface area contributed by atoms with Gasteiger partial charge in [0.05, 0.1) is 17.5 Å². The SMILES string of the molecule is CCCCCCCCCCCCCCCCN1c2ccccc2N(CCCCCCCCCCCCCCCC)C1C.